The SMILES string of the molecule is Fc1ccc(OCCN2CCOCC2)c(C#CCCCl)c1. The van der Waals surface area contributed by atoms with Crippen LogP contribution in [0.2, 0.25) is 0 Å². The number of ether oxygens (including phenoxy) is 2. The van der Waals surface area contributed by atoms with Gasteiger partial charge in [0.05, 0.1) is 18.8 Å². The number of benzene rings is 1. The van der Waals surface area contributed by atoms with E-state index in [4.69, 9.17) is 21.1 Å². The Balaban J connectivity index is 1.90. The van der Waals surface area contributed by atoms with Crippen LogP contribution in [0.1, 0.15) is 12.0 Å². The van der Waals surface area contributed by atoms with Crippen molar-refractivity contribution >= 4 is 11.6 Å². The van der Waals surface area contributed by atoms with Crippen molar-refractivity contribution in [1.82, 2.24) is 4.90 Å². The maximum Gasteiger partial charge on any atom is 0.135 e. The standard InChI is InChI=1S/C16H19ClFNO2/c17-6-2-1-3-14-13-15(18)4-5-16(14)21-12-9-19-7-10-20-11-8-19/h4-5,13H,2,6-12H2. The molecule has 0 radical (unpaired) electrons. The fourth-order valence-corrected chi connectivity index (χ4v) is 2.13. The zero-order chi connectivity index (χ0) is 14.9. The molecule has 0 spiro atoms. The van der Waals surface area contributed by atoms with Crippen molar-refractivity contribution < 1.29 is 13.9 Å². The number of hydrogen-bond donors (Lipinski definition) is 0. The van der Waals surface area contributed by atoms with Gasteiger partial charge in [0.25, 0.3) is 0 Å². The third kappa shape index (κ3) is 5.55. The van der Waals surface area contributed by atoms with Gasteiger partial charge in [0.2, 0.25) is 0 Å². The van der Waals surface area contributed by atoms with Gasteiger partial charge in [0, 0.05) is 31.9 Å². The lowest BCUT2D eigenvalue weighted by molar-refractivity contribution is 0.0322. The highest BCUT2D eigenvalue weighted by Gasteiger charge is 2.10. The summed E-state index contributed by atoms with van der Waals surface area (Å²) in [6.45, 7) is 4.77. The van der Waals surface area contributed by atoms with Crippen LogP contribution in [0.3, 0.4) is 0 Å². The summed E-state index contributed by atoms with van der Waals surface area (Å²) in [7, 11) is 0. The molecule has 1 aliphatic heterocycles. The third-order valence-corrected chi connectivity index (χ3v) is 3.34. The minimum atomic E-state index is -0.314. The molecule has 1 aromatic carbocycles. The highest BCUT2D eigenvalue weighted by molar-refractivity contribution is 6.18. The van der Waals surface area contributed by atoms with Gasteiger partial charge in [0.15, 0.2) is 0 Å². The first-order chi connectivity index (χ1) is 10.3. The highest BCUT2D eigenvalue weighted by Crippen LogP contribution is 2.18. The first-order valence-electron chi connectivity index (χ1n) is 7.07. The molecule has 0 aromatic heterocycles. The topological polar surface area (TPSA) is 21.7 Å². The summed E-state index contributed by atoms with van der Waals surface area (Å²) in [6, 6.07) is 4.40. The van der Waals surface area contributed by atoms with Crippen LogP contribution in [0.4, 0.5) is 4.39 Å². The molecule has 21 heavy (non-hydrogen) atoms. The fourth-order valence-electron chi connectivity index (χ4n) is 2.04. The molecule has 0 saturated carbocycles. The highest BCUT2D eigenvalue weighted by atomic mass is 35.5. The zero-order valence-electron chi connectivity index (χ0n) is 11.9. The van der Waals surface area contributed by atoms with E-state index in [1.165, 1.54) is 12.1 Å². The summed E-state index contributed by atoms with van der Waals surface area (Å²) in [6.07, 6.45) is 0.575. The minimum absolute atomic E-state index is 0.314. The molecule has 114 valence electrons. The molecule has 0 atom stereocenters. The first kappa shape index (κ1) is 16.1. The van der Waals surface area contributed by atoms with Crippen molar-refractivity contribution in [2.45, 2.75) is 6.42 Å². The Bertz CT molecular complexity index is 507. The van der Waals surface area contributed by atoms with Gasteiger partial charge in [-0.15, -0.1) is 11.6 Å². The Morgan fingerprint density at radius 1 is 1.33 bits per heavy atom. The van der Waals surface area contributed by atoms with Crippen LogP contribution in [-0.2, 0) is 4.74 Å². The van der Waals surface area contributed by atoms with Gasteiger partial charge in [-0.1, -0.05) is 11.8 Å². The molecule has 2 rings (SSSR count). The quantitative estimate of drug-likeness (QED) is 0.616. The molecule has 3 nitrogen and oxygen atoms in total. The third-order valence-electron chi connectivity index (χ3n) is 3.15. The van der Waals surface area contributed by atoms with Gasteiger partial charge >= 0.3 is 0 Å². The van der Waals surface area contributed by atoms with E-state index in [1.807, 2.05) is 0 Å². The largest absolute Gasteiger partial charge is 0.491 e. The molecular weight excluding hydrogens is 293 g/mol. The number of morpholine rings is 1. The lowest BCUT2D eigenvalue weighted by Crippen LogP contribution is -2.38. The Hall–Kier alpha value is -1.28. The van der Waals surface area contributed by atoms with E-state index in [1.54, 1.807) is 6.07 Å². The Morgan fingerprint density at radius 3 is 2.90 bits per heavy atom. The molecule has 1 fully saturated rings. The van der Waals surface area contributed by atoms with E-state index in [9.17, 15) is 4.39 Å². The summed E-state index contributed by atoms with van der Waals surface area (Å²) < 4.78 is 24.3. The van der Waals surface area contributed by atoms with E-state index in [0.717, 1.165) is 32.8 Å². The molecule has 1 aliphatic rings. The van der Waals surface area contributed by atoms with Crippen LogP contribution in [0.15, 0.2) is 18.2 Å². The Morgan fingerprint density at radius 2 is 2.14 bits per heavy atom. The van der Waals surface area contributed by atoms with Crippen LogP contribution in [0.25, 0.3) is 0 Å². The van der Waals surface area contributed by atoms with Crippen molar-refractivity contribution in [3.05, 3.63) is 29.6 Å². The van der Waals surface area contributed by atoms with Crippen molar-refractivity contribution in [2.24, 2.45) is 0 Å². The van der Waals surface area contributed by atoms with E-state index < -0.39 is 0 Å². The molecule has 1 saturated heterocycles. The van der Waals surface area contributed by atoms with Crippen molar-refractivity contribution in [3.63, 3.8) is 0 Å². The predicted molar refractivity (Wildman–Crippen MR) is 81.4 cm³/mol. The second-order valence-electron chi connectivity index (χ2n) is 4.68. The van der Waals surface area contributed by atoms with Gasteiger partial charge in [-0.25, -0.2) is 4.39 Å². The Labute approximate surface area is 130 Å². The van der Waals surface area contributed by atoms with Crippen LogP contribution in [0.5, 0.6) is 5.75 Å². The number of alkyl halides is 1. The van der Waals surface area contributed by atoms with E-state index in [-0.39, 0.29) is 5.82 Å². The number of nitrogens with zero attached hydrogens (tertiary/aromatic N) is 1. The van der Waals surface area contributed by atoms with Crippen molar-refractivity contribution in [3.8, 4) is 17.6 Å². The molecule has 0 aliphatic carbocycles. The monoisotopic (exact) mass is 311 g/mol. The summed E-state index contributed by atoms with van der Waals surface area (Å²) in [5.74, 6) is 6.58. The van der Waals surface area contributed by atoms with E-state index >= 15 is 0 Å². The van der Waals surface area contributed by atoms with Crippen molar-refractivity contribution in [1.29, 1.82) is 0 Å². The average molecular weight is 312 g/mol. The van der Waals surface area contributed by atoms with Gasteiger partial charge in [0.1, 0.15) is 18.2 Å². The van der Waals surface area contributed by atoms with Gasteiger partial charge in [-0.3, -0.25) is 4.90 Å². The zero-order valence-corrected chi connectivity index (χ0v) is 12.7. The molecule has 0 N–H and O–H groups in total. The van der Waals surface area contributed by atoms with Crippen LogP contribution < -0.4 is 4.74 Å². The van der Waals surface area contributed by atoms with E-state index in [2.05, 4.69) is 16.7 Å². The maximum absolute atomic E-state index is 13.3. The lowest BCUT2D eigenvalue weighted by Gasteiger charge is -2.26. The smallest absolute Gasteiger partial charge is 0.135 e. The molecule has 1 aromatic rings. The summed E-state index contributed by atoms with van der Waals surface area (Å²) in [4.78, 5) is 2.28. The molecule has 0 amide bonds. The van der Waals surface area contributed by atoms with Crippen molar-refractivity contribution in [2.75, 3.05) is 45.3 Å². The van der Waals surface area contributed by atoms with E-state index in [0.29, 0.717) is 30.2 Å². The first-order valence-corrected chi connectivity index (χ1v) is 7.60. The van der Waals surface area contributed by atoms with Crippen LogP contribution in [0, 0.1) is 17.7 Å². The Kier molecular flexibility index (Phi) is 6.81. The summed E-state index contributed by atoms with van der Waals surface area (Å²) >= 11 is 5.58. The second-order valence-corrected chi connectivity index (χ2v) is 5.06. The van der Waals surface area contributed by atoms with Gasteiger partial charge in [-0.2, -0.15) is 0 Å². The summed E-state index contributed by atoms with van der Waals surface area (Å²) in [5, 5.41) is 0. The molecule has 1 heterocycles. The summed E-state index contributed by atoms with van der Waals surface area (Å²) in [5.41, 5.74) is 0.571. The maximum atomic E-state index is 13.3. The van der Waals surface area contributed by atoms with Gasteiger partial charge < -0.3 is 9.47 Å². The fraction of sp³-hybridized carbons (Fsp3) is 0.500. The number of halogens is 2. The minimum Gasteiger partial charge on any atom is -0.491 e. The second kappa shape index (κ2) is 8.89. The average Bonchev–Trinajstić information content (AvgIpc) is 2.51. The number of rotatable bonds is 5. The molecule has 0 unspecified atom stereocenters. The normalized spacial score (nSPS) is 15.3. The van der Waals surface area contributed by atoms with Gasteiger partial charge in [-0.05, 0) is 18.2 Å². The molecule has 0 bridgehead atoms. The number of hydrogen-bond acceptors (Lipinski definition) is 3. The molecular formula is C16H19ClFNO2. The van der Waals surface area contributed by atoms with Crippen LogP contribution in [-0.4, -0.2) is 50.2 Å². The molecule has 5 heteroatoms. The lowest BCUT2D eigenvalue weighted by atomic mass is 10.2. The van der Waals surface area contributed by atoms with Crippen LogP contribution >= 0.6 is 11.6 Å². The predicted octanol–water partition coefficient (Wildman–Crippen LogP) is 2.52.